The van der Waals surface area contributed by atoms with Gasteiger partial charge < -0.3 is 14.8 Å². The molecule has 0 spiro atoms. The van der Waals surface area contributed by atoms with Gasteiger partial charge >= 0.3 is 0 Å². The molecule has 1 heterocycles. The largest absolute Gasteiger partial charge is 0.493 e. The van der Waals surface area contributed by atoms with Crippen LogP contribution in [0.1, 0.15) is 43.7 Å². The zero-order chi connectivity index (χ0) is 21.7. The highest BCUT2D eigenvalue weighted by molar-refractivity contribution is 6.07. The number of unbranched alkanes of at least 4 members (excludes halogenated alkanes) is 1. The minimum atomic E-state index is -0.580. The fourth-order valence-electron chi connectivity index (χ4n) is 4.31. The van der Waals surface area contributed by atoms with Crippen LogP contribution in [0.4, 0.5) is 5.69 Å². The van der Waals surface area contributed by atoms with Crippen molar-refractivity contribution < 1.29 is 14.3 Å². The molecule has 162 valence electrons. The molecule has 3 aromatic rings. The average molecular weight is 418 g/mol. The summed E-state index contributed by atoms with van der Waals surface area (Å²) in [6.45, 7) is 6.10. The lowest BCUT2D eigenvalue weighted by Crippen LogP contribution is -2.44. The molecule has 4 nitrogen and oxygen atoms in total. The van der Waals surface area contributed by atoms with Crippen molar-refractivity contribution in [3.63, 3.8) is 0 Å². The molecule has 0 atom stereocenters. The molecule has 0 bridgehead atoms. The lowest BCUT2D eigenvalue weighted by Gasteiger charge is -2.36. The van der Waals surface area contributed by atoms with Gasteiger partial charge in [0.15, 0.2) is 0 Å². The molecule has 31 heavy (non-hydrogen) atoms. The minimum absolute atomic E-state index is 0.0319. The van der Waals surface area contributed by atoms with Crippen LogP contribution >= 0.6 is 0 Å². The van der Waals surface area contributed by atoms with Crippen LogP contribution in [-0.4, -0.2) is 25.7 Å². The van der Waals surface area contributed by atoms with Gasteiger partial charge in [-0.1, -0.05) is 67.4 Å². The Balaban J connectivity index is 1.66. The normalized spacial score (nSPS) is 15.5. The van der Waals surface area contributed by atoms with Crippen molar-refractivity contribution in [3.05, 3.63) is 71.8 Å². The van der Waals surface area contributed by atoms with E-state index in [2.05, 4.69) is 49.5 Å². The first-order valence-electron chi connectivity index (χ1n) is 11.2. The summed E-state index contributed by atoms with van der Waals surface area (Å²) in [5.74, 6) is 0.894. The lowest BCUT2D eigenvalue weighted by atomic mass is 9.73. The highest BCUT2D eigenvalue weighted by atomic mass is 16.5. The number of fused-ring (bicyclic) bond motifs is 1. The van der Waals surface area contributed by atoms with Gasteiger partial charge in [-0.25, -0.2) is 0 Å². The molecule has 0 unspecified atom stereocenters. The molecule has 0 saturated carbocycles. The quantitative estimate of drug-likeness (QED) is 0.479. The molecular formula is C27H31NO3. The minimum Gasteiger partial charge on any atom is -0.493 e. The fourth-order valence-corrected chi connectivity index (χ4v) is 4.31. The number of benzene rings is 3. The second-order valence-electron chi connectivity index (χ2n) is 8.37. The Morgan fingerprint density at radius 2 is 1.71 bits per heavy atom. The van der Waals surface area contributed by atoms with E-state index in [1.165, 1.54) is 5.56 Å². The maximum Gasteiger partial charge on any atom is 0.235 e. The molecule has 3 aromatic carbocycles. The second kappa shape index (κ2) is 9.52. The number of ether oxygens (including phenoxy) is 2. The lowest BCUT2D eigenvalue weighted by molar-refractivity contribution is -0.125. The van der Waals surface area contributed by atoms with Crippen molar-refractivity contribution in [2.75, 3.05) is 25.1 Å². The third-order valence-corrected chi connectivity index (χ3v) is 6.27. The first-order chi connectivity index (χ1) is 15.1. The number of anilines is 1. The summed E-state index contributed by atoms with van der Waals surface area (Å²) in [4.78, 5) is 13.7. The van der Waals surface area contributed by atoms with Gasteiger partial charge in [0.25, 0.3) is 0 Å². The van der Waals surface area contributed by atoms with Crippen LogP contribution in [0.3, 0.4) is 0 Å². The summed E-state index contributed by atoms with van der Waals surface area (Å²) in [6, 6.07) is 20.4. The number of amides is 1. The van der Waals surface area contributed by atoms with E-state index < -0.39 is 5.41 Å². The fraction of sp³-hybridized carbons (Fsp3) is 0.370. The van der Waals surface area contributed by atoms with Crippen LogP contribution in [0.15, 0.2) is 60.7 Å². The number of hydrogen-bond acceptors (Lipinski definition) is 3. The third kappa shape index (κ3) is 4.45. The van der Waals surface area contributed by atoms with E-state index in [9.17, 15) is 4.79 Å². The second-order valence-corrected chi connectivity index (χ2v) is 8.37. The van der Waals surface area contributed by atoms with Crippen LogP contribution in [-0.2, 0) is 14.9 Å². The molecule has 1 aliphatic rings. The number of nitrogens with one attached hydrogen (secondary N) is 1. The van der Waals surface area contributed by atoms with Gasteiger partial charge in [0.2, 0.25) is 5.91 Å². The van der Waals surface area contributed by atoms with Crippen LogP contribution in [0, 0.1) is 6.92 Å². The average Bonchev–Trinajstić information content (AvgIpc) is 2.81. The number of aryl methyl sites for hydroxylation is 1. The Kier molecular flexibility index (Phi) is 6.57. The third-order valence-electron chi connectivity index (χ3n) is 6.27. The van der Waals surface area contributed by atoms with Gasteiger partial charge in [-0.15, -0.1) is 0 Å². The predicted molar refractivity (Wildman–Crippen MR) is 126 cm³/mol. The number of rotatable bonds is 7. The monoisotopic (exact) mass is 417 g/mol. The first kappa shape index (κ1) is 21.4. The van der Waals surface area contributed by atoms with Crippen LogP contribution in [0.2, 0.25) is 0 Å². The van der Waals surface area contributed by atoms with Gasteiger partial charge in [-0.3, -0.25) is 4.79 Å². The summed E-state index contributed by atoms with van der Waals surface area (Å²) < 4.78 is 11.6. The maximum atomic E-state index is 13.7. The Morgan fingerprint density at radius 3 is 2.42 bits per heavy atom. The van der Waals surface area contributed by atoms with Crippen molar-refractivity contribution >= 4 is 22.4 Å². The first-order valence-corrected chi connectivity index (χ1v) is 11.2. The summed E-state index contributed by atoms with van der Waals surface area (Å²) in [6.07, 6.45) is 3.47. The molecule has 0 radical (unpaired) electrons. The maximum absolute atomic E-state index is 13.7. The molecule has 1 N–H and O–H groups in total. The van der Waals surface area contributed by atoms with E-state index in [1.54, 1.807) is 0 Å². The highest BCUT2D eigenvalue weighted by Gasteiger charge is 2.41. The van der Waals surface area contributed by atoms with Crippen molar-refractivity contribution in [1.29, 1.82) is 0 Å². The molecule has 4 heteroatoms. The molecule has 0 aromatic heterocycles. The molecule has 1 fully saturated rings. The Hall–Kier alpha value is -2.85. The van der Waals surface area contributed by atoms with E-state index in [-0.39, 0.29) is 5.91 Å². The van der Waals surface area contributed by atoms with Gasteiger partial charge in [-0.2, -0.15) is 0 Å². The summed E-state index contributed by atoms with van der Waals surface area (Å²) in [5, 5.41) is 5.27. The highest BCUT2D eigenvalue weighted by Crippen LogP contribution is 2.38. The standard InChI is InChI=1S/C27H31NO3/c1-3-4-17-31-25-14-13-24(22-7-5-6-8-23(22)25)28-26(29)27(15-18-30-19-16-27)21-11-9-20(2)10-12-21/h5-14H,3-4,15-19H2,1-2H3,(H,28,29). The summed E-state index contributed by atoms with van der Waals surface area (Å²) in [5.41, 5.74) is 2.49. The van der Waals surface area contributed by atoms with E-state index in [0.717, 1.165) is 40.6 Å². The van der Waals surface area contributed by atoms with E-state index in [0.29, 0.717) is 32.7 Å². The number of carbonyl (C=O) groups excluding carboxylic acids is 1. The van der Waals surface area contributed by atoms with E-state index >= 15 is 0 Å². The van der Waals surface area contributed by atoms with Gasteiger partial charge in [-0.05, 0) is 43.9 Å². The van der Waals surface area contributed by atoms with Gasteiger partial charge in [0, 0.05) is 29.7 Å². The molecule has 1 saturated heterocycles. The molecule has 0 aliphatic carbocycles. The number of hydrogen-bond donors (Lipinski definition) is 1. The van der Waals surface area contributed by atoms with Gasteiger partial charge in [0.1, 0.15) is 5.75 Å². The van der Waals surface area contributed by atoms with E-state index in [4.69, 9.17) is 9.47 Å². The Morgan fingerprint density at radius 1 is 1.00 bits per heavy atom. The predicted octanol–water partition coefficient (Wildman–Crippen LogP) is 6.01. The van der Waals surface area contributed by atoms with Gasteiger partial charge in [0.05, 0.1) is 12.0 Å². The zero-order valence-electron chi connectivity index (χ0n) is 18.4. The molecule has 1 amide bonds. The van der Waals surface area contributed by atoms with Crippen LogP contribution < -0.4 is 10.1 Å². The van der Waals surface area contributed by atoms with Crippen molar-refractivity contribution in [1.82, 2.24) is 0 Å². The number of carbonyl (C=O) groups is 1. The van der Waals surface area contributed by atoms with E-state index in [1.807, 2.05) is 30.3 Å². The van der Waals surface area contributed by atoms with Crippen LogP contribution in [0.25, 0.3) is 10.8 Å². The Labute approximate surface area is 184 Å². The topological polar surface area (TPSA) is 47.6 Å². The Bertz CT molecular complexity index is 1040. The van der Waals surface area contributed by atoms with Crippen LogP contribution in [0.5, 0.6) is 5.75 Å². The summed E-state index contributed by atoms with van der Waals surface area (Å²) >= 11 is 0. The van der Waals surface area contributed by atoms with Crippen molar-refractivity contribution in [2.24, 2.45) is 0 Å². The SMILES string of the molecule is CCCCOc1ccc(NC(=O)C2(c3ccc(C)cc3)CCOCC2)c2ccccc12. The van der Waals surface area contributed by atoms with Crippen molar-refractivity contribution in [3.8, 4) is 5.75 Å². The smallest absolute Gasteiger partial charge is 0.235 e. The molecule has 4 rings (SSSR count). The molecule has 1 aliphatic heterocycles. The van der Waals surface area contributed by atoms with Crippen molar-refractivity contribution in [2.45, 2.75) is 44.9 Å². The molecular weight excluding hydrogens is 386 g/mol. The summed E-state index contributed by atoms with van der Waals surface area (Å²) in [7, 11) is 0. The zero-order valence-corrected chi connectivity index (χ0v) is 18.4.